The van der Waals surface area contributed by atoms with E-state index in [4.69, 9.17) is 20.4 Å². The summed E-state index contributed by atoms with van der Waals surface area (Å²) in [6.07, 6.45) is -2.67. The van der Waals surface area contributed by atoms with Gasteiger partial charge in [-0.15, -0.1) is 0 Å². The number of hydrogen-bond acceptors (Lipinski definition) is 6. The second-order valence-electron chi connectivity index (χ2n) is 3.46. The summed E-state index contributed by atoms with van der Waals surface area (Å²) in [4.78, 5) is 0. The van der Waals surface area contributed by atoms with Gasteiger partial charge in [-0.3, -0.25) is 0 Å². The SMILES string of the molecule is OC1CCCC(O)(C(O)(O)O)C1O. The highest BCUT2D eigenvalue weighted by Gasteiger charge is 2.56. The predicted octanol–water partition coefficient (Wildman–Crippen LogP) is -2.75. The molecular weight excluding hydrogens is 180 g/mol. The van der Waals surface area contributed by atoms with Crippen LogP contribution in [0, 0.1) is 0 Å². The maximum Gasteiger partial charge on any atom is 0.308 e. The lowest BCUT2D eigenvalue weighted by Gasteiger charge is -2.43. The maximum absolute atomic E-state index is 9.49. The van der Waals surface area contributed by atoms with Crippen LogP contribution in [0.1, 0.15) is 19.3 Å². The molecule has 6 nitrogen and oxygen atoms in total. The van der Waals surface area contributed by atoms with Gasteiger partial charge in [-0.2, -0.15) is 0 Å². The van der Waals surface area contributed by atoms with E-state index in [1.165, 1.54) is 0 Å². The van der Waals surface area contributed by atoms with Crippen LogP contribution in [0.25, 0.3) is 0 Å². The number of aliphatic hydroxyl groups is 6. The molecule has 0 aromatic rings. The smallest absolute Gasteiger partial charge is 0.308 e. The van der Waals surface area contributed by atoms with Crippen molar-refractivity contribution in [3.05, 3.63) is 0 Å². The zero-order valence-electron chi connectivity index (χ0n) is 6.96. The molecule has 6 heteroatoms. The molecule has 1 rings (SSSR count). The van der Waals surface area contributed by atoms with Crippen molar-refractivity contribution in [2.24, 2.45) is 0 Å². The van der Waals surface area contributed by atoms with Gasteiger partial charge in [0.05, 0.1) is 6.10 Å². The van der Waals surface area contributed by atoms with Crippen molar-refractivity contribution in [1.29, 1.82) is 0 Å². The predicted molar refractivity (Wildman–Crippen MR) is 40.2 cm³/mol. The average Bonchev–Trinajstić information content (AvgIpc) is 1.98. The molecule has 0 aromatic heterocycles. The molecule has 0 bridgehead atoms. The Morgan fingerprint density at radius 2 is 1.69 bits per heavy atom. The van der Waals surface area contributed by atoms with Gasteiger partial charge >= 0.3 is 5.97 Å². The minimum atomic E-state index is -3.40. The standard InChI is InChI=1S/C7H14O6/c8-4-2-1-3-6(10,5(4)9)7(11,12)13/h4-5,8-13H,1-3H2. The van der Waals surface area contributed by atoms with E-state index in [0.717, 1.165) is 0 Å². The van der Waals surface area contributed by atoms with Crippen molar-refractivity contribution < 1.29 is 30.6 Å². The minimum Gasteiger partial charge on any atom is -0.390 e. The van der Waals surface area contributed by atoms with Crippen LogP contribution in [0.5, 0.6) is 0 Å². The summed E-state index contributed by atoms with van der Waals surface area (Å²) in [7, 11) is 0. The Morgan fingerprint density at radius 3 is 2.08 bits per heavy atom. The summed E-state index contributed by atoms with van der Waals surface area (Å²) in [5, 5.41) is 54.2. The molecule has 1 aliphatic rings. The molecule has 13 heavy (non-hydrogen) atoms. The number of rotatable bonds is 1. The largest absolute Gasteiger partial charge is 0.390 e. The summed E-state index contributed by atoms with van der Waals surface area (Å²) >= 11 is 0. The lowest BCUT2D eigenvalue weighted by atomic mass is 9.78. The second kappa shape index (κ2) is 3.16. The van der Waals surface area contributed by atoms with Crippen molar-refractivity contribution in [1.82, 2.24) is 0 Å². The van der Waals surface area contributed by atoms with Gasteiger partial charge in [0.2, 0.25) is 0 Å². The summed E-state index contributed by atoms with van der Waals surface area (Å²) in [5.74, 6) is -3.40. The van der Waals surface area contributed by atoms with Crippen LogP contribution >= 0.6 is 0 Å². The first-order valence-corrected chi connectivity index (χ1v) is 4.04. The lowest BCUT2D eigenvalue weighted by Crippen LogP contribution is -2.66. The summed E-state index contributed by atoms with van der Waals surface area (Å²) in [6.45, 7) is 0. The third-order valence-electron chi connectivity index (χ3n) is 2.49. The zero-order valence-corrected chi connectivity index (χ0v) is 6.96. The van der Waals surface area contributed by atoms with Gasteiger partial charge in [0, 0.05) is 0 Å². The van der Waals surface area contributed by atoms with Crippen molar-refractivity contribution in [3.63, 3.8) is 0 Å². The molecule has 3 unspecified atom stereocenters. The molecule has 0 amide bonds. The first-order valence-electron chi connectivity index (χ1n) is 4.04. The van der Waals surface area contributed by atoms with Crippen LogP contribution in [0.3, 0.4) is 0 Å². The van der Waals surface area contributed by atoms with E-state index >= 15 is 0 Å². The van der Waals surface area contributed by atoms with Crippen LogP contribution in [-0.2, 0) is 0 Å². The molecule has 1 fully saturated rings. The third-order valence-corrected chi connectivity index (χ3v) is 2.49. The van der Waals surface area contributed by atoms with Crippen molar-refractivity contribution >= 4 is 0 Å². The summed E-state index contributed by atoms with van der Waals surface area (Å²) < 4.78 is 0. The molecule has 3 atom stereocenters. The molecule has 0 radical (unpaired) electrons. The van der Waals surface area contributed by atoms with E-state index < -0.39 is 23.8 Å². The van der Waals surface area contributed by atoms with Crippen molar-refractivity contribution in [2.45, 2.75) is 43.0 Å². The van der Waals surface area contributed by atoms with Gasteiger partial charge in [-0.25, -0.2) is 0 Å². The maximum atomic E-state index is 9.49. The Hall–Kier alpha value is -0.240. The highest BCUT2D eigenvalue weighted by atomic mass is 16.7. The normalized spacial score (nSPS) is 42.0. The molecule has 6 N–H and O–H groups in total. The number of aliphatic hydroxyl groups excluding tert-OH is 2. The molecule has 1 aliphatic carbocycles. The van der Waals surface area contributed by atoms with Crippen LogP contribution in [0.4, 0.5) is 0 Å². The first kappa shape index (κ1) is 10.8. The van der Waals surface area contributed by atoms with E-state index in [2.05, 4.69) is 0 Å². The monoisotopic (exact) mass is 194 g/mol. The highest BCUT2D eigenvalue weighted by Crippen LogP contribution is 2.34. The molecular formula is C7H14O6. The Labute approximate surface area is 74.7 Å². The Morgan fingerprint density at radius 1 is 1.15 bits per heavy atom. The van der Waals surface area contributed by atoms with E-state index in [9.17, 15) is 10.2 Å². The zero-order chi connectivity index (χ0) is 10.3. The molecule has 78 valence electrons. The first-order chi connectivity index (χ1) is 5.79. The Bertz CT molecular complexity index is 188. The van der Waals surface area contributed by atoms with Crippen LogP contribution < -0.4 is 0 Å². The van der Waals surface area contributed by atoms with Gasteiger partial charge in [-0.1, -0.05) is 0 Å². The highest BCUT2D eigenvalue weighted by molar-refractivity contribution is 4.98. The van der Waals surface area contributed by atoms with Gasteiger partial charge in [0.15, 0.2) is 5.60 Å². The topological polar surface area (TPSA) is 121 Å². The van der Waals surface area contributed by atoms with Crippen LogP contribution in [-0.4, -0.2) is 54.4 Å². The number of hydrogen-bond donors (Lipinski definition) is 6. The van der Waals surface area contributed by atoms with E-state index in [1.807, 2.05) is 0 Å². The second-order valence-corrected chi connectivity index (χ2v) is 3.46. The quantitative estimate of drug-likeness (QED) is 0.252. The summed E-state index contributed by atoms with van der Waals surface area (Å²) in [6, 6.07) is 0. The van der Waals surface area contributed by atoms with Crippen molar-refractivity contribution in [2.75, 3.05) is 0 Å². The van der Waals surface area contributed by atoms with Crippen LogP contribution in [0.15, 0.2) is 0 Å². The molecule has 0 saturated heterocycles. The third kappa shape index (κ3) is 1.69. The van der Waals surface area contributed by atoms with Crippen LogP contribution in [0.2, 0.25) is 0 Å². The van der Waals surface area contributed by atoms with Gasteiger partial charge in [0.25, 0.3) is 0 Å². The van der Waals surface area contributed by atoms with Crippen molar-refractivity contribution in [3.8, 4) is 0 Å². The molecule has 0 spiro atoms. The Kier molecular flexibility index (Phi) is 2.63. The fraction of sp³-hybridized carbons (Fsp3) is 1.00. The fourth-order valence-electron chi connectivity index (χ4n) is 1.57. The molecule has 0 aromatic carbocycles. The minimum absolute atomic E-state index is 0.186. The van der Waals surface area contributed by atoms with Gasteiger partial charge in [0.1, 0.15) is 6.10 Å². The fourth-order valence-corrected chi connectivity index (χ4v) is 1.57. The van der Waals surface area contributed by atoms with Gasteiger partial charge in [-0.05, 0) is 19.3 Å². The molecule has 0 heterocycles. The van der Waals surface area contributed by atoms with Gasteiger partial charge < -0.3 is 30.6 Å². The molecule has 0 aliphatic heterocycles. The lowest BCUT2D eigenvalue weighted by molar-refractivity contribution is -0.416. The summed E-state index contributed by atoms with van der Waals surface area (Å²) in [5.41, 5.74) is -2.48. The average molecular weight is 194 g/mol. The van der Waals surface area contributed by atoms with E-state index in [-0.39, 0.29) is 19.3 Å². The molecule has 1 saturated carbocycles. The Balaban J connectivity index is 2.88. The van der Waals surface area contributed by atoms with E-state index in [1.54, 1.807) is 0 Å². The van der Waals surface area contributed by atoms with E-state index in [0.29, 0.717) is 0 Å².